The van der Waals surface area contributed by atoms with Crippen LogP contribution in [0.4, 0.5) is 11.4 Å². The highest BCUT2D eigenvalue weighted by molar-refractivity contribution is 5.71. The van der Waals surface area contributed by atoms with Crippen LogP contribution in [-0.4, -0.2) is 11.5 Å². The summed E-state index contributed by atoms with van der Waals surface area (Å²) in [4.78, 5) is 6.58. The summed E-state index contributed by atoms with van der Waals surface area (Å²) in [5.74, 6) is 0. The molecule has 0 spiro atoms. The van der Waals surface area contributed by atoms with Gasteiger partial charge >= 0.3 is 0 Å². The Morgan fingerprint density at radius 3 is 2.88 bits per heavy atom. The van der Waals surface area contributed by atoms with E-state index in [2.05, 4.69) is 47.1 Å². The van der Waals surface area contributed by atoms with E-state index in [0.29, 0.717) is 0 Å². The summed E-state index contributed by atoms with van der Waals surface area (Å²) < 4.78 is 0. The van der Waals surface area contributed by atoms with E-state index in [1.165, 1.54) is 22.5 Å². The molecule has 0 saturated carbocycles. The minimum Gasteiger partial charge on any atom is -0.339 e. The second-order valence-corrected chi connectivity index (χ2v) is 4.19. The third-order valence-electron chi connectivity index (χ3n) is 3.19. The molecule has 1 aromatic carbocycles. The van der Waals surface area contributed by atoms with Crippen molar-refractivity contribution in [3.63, 3.8) is 0 Å². The normalized spacial score (nSPS) is 13.9. The average Bonchev–Trinajstić information content (AvgIpc) is 2.74. The summed E-state index contributed by atoms with van der Waals surface area (Å²) in [6.45, 7) is 3.20. The third kappa shape index (κ3) is 1.38. The molecule has 0 saturated heterocycles. The predicted molar refractivity (Wildman–Crippen MR) is 66.1 cm³/mol. The van der Waals surface area contributed by atoms with Crippen LogP contribution in [-0.2, 0) is 6.42 Å². The van der Waals surface area contributed by atoms with Gasteiger partial charge in [0, 0.05) is 18.4 Å². The molecule has 0 radical (unpaired) electrons. The average molecular weight is 210 g/mol. The van der Waals surface area contributed by atoms with Crippen LogP contribution in [0.25, 0.3) is 0 Å². The van der Waals surface area contributed by atoms with Gasteiger partial charge in [-0.15, -0.1) is 0 Å². The largest absolute Gasteiger partial charge is 0.339 e. The van der Waals surface area contributed by atoms with Gasteiger partial charge in [-0.25, -0.2) is 0 Å². The van der Waals surface area contributed by atoms with Crippen LogP contribution in [0.2, 0.25) is 0 Å². The highest BCUT2D eigenvalue weighted by Crippen LogP contribution is 2.35. The number of pyridine rings is 1. The van der Waals surface area contributed by atoms with Gasteiger partial charge < -0.3 is 4.90 Å². The molecule has 80 valence electrons. The van der Waals surface area contributed by atoms with Gasteiger partial charge in [-0.05, 0) is 36.6 Å². The van der Waals surface area contributed by atoms with Crippen LogP contribution in [0.1, 0.15) is 11.1 Å². The zero-order chi connectivity index (χ0) is 11.0. The molecule has 1 aliphatic rings. The van der Waals surface area contributed by atoms with Gasteiger partial charge in [-0.2, -0.15) is 0 Å². The molecular formula is C14H14N2. The molecule has 2 heterocycles. The summed E-state index contributed by atoms with van der Waals surface area (Å²) in [5, 5.41) is 0. The van der Waals surface area contributed by atoms with Crippen LogP contribution in [0.5, 0.6) is 0 Å². The van der Waals surface area contributed by atoms with Crippen LogP contribution in [0.15, 0.2) is 42.7 Å². The fourth-order valence-corrected chi connectivity index (χ4v) is 2.33. The smallest absolute Gasteiger partial charge is 0.0627 e. The predicted octanol–water partition coefficient (Wildman–Crippen LogP) is 3.08. The van der Waals surface area contributed by atoms with Crippen molar-refractivity contribution >= 4 is 11.4 Å². The standard InChI is InChI=1S/C14H14N2/c1-11-6-8-15-10-14(11)16-9-7-12-4-2-3-5-13(12)16/h2-6,8,10H,7,9H2,1H3. The van der Waals surface area contributed by atoms with E-state index in [4.69, 9.17) is 0 Å². The maximum Gasteiger partial charge on any atom is 0.0627 e. The molecule has 1 aliphatic heterocycles. The molecule has 16 heavy (non-hydrogen) atoms. The summed E-state index contributed by atoms with van der Waals surface area (Å²) in [6, 6.07) is 10.7. The first-order valence-corrected chi connectivity index (χ1v) is 5.62. The SMILES string of the molecule is Cc1ccncc1N1CCc2ccccc21. The van der Waals surface area contributed by atoms with Crippen molar-refractivity contribution in [2.75, 3.05) is 11.4 Å². The van der Waals surface area contributed by atoms with E-state index in [9.17, 15) is 0 Å². The number of para-hydroxylation sites is 1. The number of benzene rings is 1. The quantitative estimate of drug-likeness (QED) is 0.719. The first kappa shape index (κ1) is 9.40. The van der Waals surface area contributed by atoms with E-state index >= 15 is 0 Å². The number of nitrogens with zero attached hydrogens (tertiary/aromatic N) is 2. The van der Waals surface area contributed by atoms with E-state index in [1.54, 1.807) is 0 Å². The van der Waals surface area contributed by atoms with E-state index < -0.39 is 0 Å². The van der Waals surface area contributed by atoms with Crippen LogP contribution < -0.4 is 4.90 Å². The number of hydrogen-bond acceptors (Lipinski definition) is 2. The van der Waals surface area contributed by atoms with E-state index in [-0.39, 0.29) is 0 Å². The molecule has 0 atom stereocenters. The highest BCUT2D eigenvalue weighted by Gasteiger charge is 2.20. The van der Waals surface area contributed by atoms with Crippen LogP contribution in [0.3, 0.4) is 0 Å². The van der Waals surface area contributed by atoms with E-state index in [0.717, 1.165) is 13.0 Å². The third-order valence-corrected chi connectivity index (χ3v) is 3.19. The lowest BCUT2D eigenvalue weighted by Crippen LogP contribution is -2.14. The Labute approximate surface area is 95.6 Å². The van der Waals surface area contributed by atoms with Crippen molar-refractivity contribution in [1.29, 1.82) is 0 Å². The van der Waals surface area contributed by atoms with Crippen LogP contribution >= 0.6 is 0 Å². The molecule has 0 N–H and O–H groups in total. The molecule has 2 aromatic rings. The summed E-state index contributed by atoms with van der Waals surface area (Å²) in [6.07, 6.45) is 4.93. The number of fused-ring (bicyclic) bond motifs is 1. The Morgan fingerprint density at radius 2 is 2.00 bits per heavy atom. The van der Waals surface area contributed by atoms with Crippen molar-refractivity contribution in [1.82, 2.24) is 4.98 Å². The molecule has 2 nitrogen and oxygen atoms in total. The molecule has 1 aromatic heterocycles. The van der Waals surface area contributed by atoms with Gasteiger partial charge in [0.2, 0.25) is 0 Å². The van der Waals surface area contributed by atoms with Crippen molar-refractivity contribution in [2.45, 2.75) is 13.3 Å². The zero-order valence-corrected chi connectivity index (χ0v) is 9.35. The van der Waals surface area contributed by atoms with Crippen molar-refractivity contribution in [3.05, 3.63) is 53.9 Å². The summed E-state index contributed by atoms with van der Waals surface area (Å²) >= 11 is 0. The fourth-order valence-electron chi connectivity index (χ4n) is 2.33. The maximum absolute atomic E-state index is 4.22. The first-order valence-electron chi connectivity index (χ1n) is 5.62. The Balaban J connectivity index is 2.08. The number of rotatable bonds is 1. The van der Waals surface area contributed by atoms with Gasteiger partial charge in [-0.1, -0.05) is 18.2 Å². The number of anilines is 2. The number of aromatic nitrogens is 1. The Bertz CT molecular complexity index is 520. The Kier molecular flexibility index (Phi) is 2.13. The lowest BCUT2D eigenvalue weighted by Gasteiger charge is -2.20. The zero-order valence-electron chi connectivity index (χ0n) is 9.35. The van der Waals surface area contributed by atoms with Gasteiger partial charge in [0.15, 0.2) is 0 Å². The minimum absolute atomic E-state index is 1.06. The monoisotopic (exact) mass is 210 g/mol. The van der Waals surface area contributed by atoms with Gasteiger partial charge in [0.1, 0.15) is 0 Å². The van der Waals surface area contributed by atoms with Crippen molar-refractivity contribution in [3.8, 4) is 0 Å². The highest BCUT2D eigenvalue weighted by atomic mass is 15.2. The molecule has 0 fully saturated rings. The molecule has 3 rings (SSSR count). The number of aryl methyl sites for hydroxylation is 1. The molecule has 0 amide bonds. The van der Waals surface area contributed by atoms with Gasteiger partial charge in [0.25, 0.3) is 0 Å². The van der Waals surface area contributed by atoms with Crippen LogP contribution in [0, 0.1) is 6.92 Å². The number of hydrogen-bond donors (Lipinski definition) is 0. The van der Waals surface area contributed by atoms with Gasteiger partial charge in [0.05, 0.1) is 11.9 Å². The lowest BCUT2D eigenvalue weighted by molar-refractivity contribution is 0.986. The minimum atomic E-state index is 1.06. The summed E-state index contributed by atoms with van der Waals surface area (Å²) in [5.41, 5.74) is 5.28. The van der Waals surface area contributed by atoms with Crippen molar-refractivity contribution in [2.24, 2.45) is 0 Å². The van der Waals surface area contributed by atoms with Gasteiger partial charge in [-0.3, -0.25) is 4.98 Å². The molecule has 0 bridgehead atoms. The van der Waals surface area contributed by atoms with Crippen molar-refractivity contribution < 1.29 is 0 Å². The summed E-state index contributed by atoms with van der Waals surface area (Å²) in [7, 11) is 0. The first-order chi connectivity index (χ1) is 7.86. The van der Waals surface area contributed by atoms with E-state index in [1.807, 2.05) is 12.4 Å². The topological polar surface area (TPSA) is 16.1 Å². The Morgan fingerprint density at radius 1 is 1.12 bits per heavy atom. The fraction of sp³-hybridized carbons (Fsp3) is 0.214. The molecule has 0 unspecified atom stereocenters. The second kappa shape index (κ2) is 3.63. The molecule has 0 aliphatic carbocycles. The second-order valence-electron chi connectivity index (χ2n) is 4.19. The Hall–Kier alpha value is -1.83. The molecule has 2 heteroatoms. The molecular weight excluding hydrogens is 196 g/mol. The maximum atomic E-state index is 4.22. The lowest BCUT2D eigenvalue weighted by atomic mass is 10.2.